The average Bonchev–Trinajstić information content (AvgIpc) is 2.88. The van der Waals surface area contributed by atoms with Gasteiger partial charge in [0.25, 0.3) is 17.1 Å². The van der Waals surface area contributed by atoms with Gasteiger partial charge in [-0.3, -0.25) is 19.2 Å². The molecule has 198 valence electrons. The van der Waals surface area contributed by atoms with E-state index in [2.05, 4.69) is 5.32 Å². The van der Waals surface area contributed by atoms with Crippen molar-refractivity contribution in [1.82, 2.24) is 5.32 Å². The Kier molecular flexibility index (Phi) is 10.3. The van der Waals surface area contributed by atoms with E-state index in [0.717, 1.165) is 0 Å². The third-order valence-electron chi connectivity index (χ3n) is 5.68. The van der Waals surface area contributed by atoms with E-state index >= 15 is 0 Å². The molecule has 0 aliphatic carbocycles. The number of amides is 2. The average molecular weight is 861 g/mol. The maximum atomic E-state index is 13.5. The van der Waals surface area contributed by atoms with Gasteiger partial charge in [-0.05, 0) is 106 Å². The van der Waals surface area contributed by atoms with Crippen LogP contribution in [0.5, 0.6) is 0 Å². The molecule has 3 atom stereocenters. The predicted octanol–water partition coefficient (Wildman–Crippen LogP) is 3.18. The van der Waals surface area contributed by atoms with E-state index in [4.69, 9.17) is 25.8 Å². The second kappa shape index (κ2) is 12.2. The molecule has 0 aromatic heterocycles. The van der Waals surface area contributed by atoms with Crippen molar-refractivity contribution in [1.29, 1.82) is 0 Å². The minimum absolute atomic E-state index is 0.000258. The quantitative estimate of drug-likeness (QED) is 0.263. The van der Waals surface area contributed by atoms with E-state index in [1.54, 1.807) is 13.8 Å². The summed E-state index contributed by atoms with van der Waals surface area (Å²) in [5.41, 5.74) is 0.562. The number of aliphatic hydroxyl groups excluding tert-OH is 1. The van der Waals surface area contributed by atoms with Crippen LogP contribution in [0.2, 0.25) is 0 Å². The molecule has 0 bridgehead atoms. The van der Waals surface area contributed by atoms with Crippen molar-refractivity contribution >= 4 is 108 Å². The molecule has 2 N–H and O–H groups in total. The highest BCUT2D eigenvalue weighted by Gasteiger charge is 2.38. The van der Waals surface area contributed by atoms with Crippen molar-refractivity contribution in [2.24, 2.45) is 0 Å². The number of benzene rings is 1. The lowest BCUT2D eigenvalue weighted by molar-refractivity contribution is -0.203. The number of anilines is 1. The Hall–Kier alpha value is -0.340. The lowest BCUT2D eigenvalue weighted by Gasteiger charge is -2.34. The van der Waals surface area contributed by atoms with Gasteiger partial charge in [0.05, 0.1) is 49.3 Å². The number of halogens is 4. The second-order valence-corrected chi connectivity index (χ2v) is 12.3. The number of hydrogen-bond acceptors (Lipinski definition) is 8. The van der Waals surface area contributed by atoms with E-state index in [1.165, 1.54) is 11.8 Å². The number of aliphatic hydroxyl groups is 1. The molecule has 3 rings (SSSR count). The molecule has 2 aliphatic heterocycles. The van der Waals surface area contributed by atoms with Gasteiger partial charge in [-0.25, -0.2) is 0 Å². The lowest BCUT2D eigenvalue weighted by atomic mass is 10.0. The highest BCUT2D eigenvalue weighted by molar-refractivity contribution is 14.1. The van der Waals surface area contributed by atoms with E-state index in [9.17, 15) is 24.3 Å². The Morgan fingerprint density at radius 3 is 2.33 bits per heavy atom. The summed E-state index contributed by atoms with van der Waals surface area (Å²) in [5.74, 6) is -2.52. The van der Waals surface area contributed by atoms with Crippen LogP contribution >= 0.6 is 79.4 Å². The fourth-order valence-electron chi connectivity index (χ4n) is 3.86. The zero-order valence-electron chi connectivity index (χ0n) is 19.5. The number of rotatable bonds is 5. The minimum Gasteiger partial charge on any atom is -0.452 e. The van der Waals surface area contributed by atoms with Crippen molar-refractivity contribution < 1.29 is 38.5 Å². The van der Waals surface area contributed by atoms with Crippen LogP contribution in [0.25, 0.3) is 0 Å². The molecule has 2 heterocycles. The highest BCUT2D eigenvalue weighted by Crippen LogP contribution is 2.40. The van der Waals surface area contributed by atoms with Gasteiger partial charge in [-0.15, -0.1) is 0 Å². The summed E-state index contributed by atoms with van der Waals surface area (Å²) < 4.78 is 17.5. The molecule has 2 amide bonds. The standard InChI is InChI=1S/C22H24ClI3N2O8/c1-9(29)36-12-5-4-6-28(21(12)33)18-16(25)13(19(23)31)15(24)14(17(18)26)20(32)27-10-7-34-22(2,3)35-8-11(10)30/h10-12,30H,4-8H2,1-3H3,(H,27,32). The molecule has 2 saturated heterocycles. The topological polar surface area (TPSA) is 131 Å². The molecule has 2 aliphatic rings. The van der Waals surface area contributed by atoms with Crippen LogP contribution in [-0.4, -0.2) is 71.9 Å². The van der Waals surface area contributed by atoms with Crippen LogP contribution in [-0.2, 0) is 23.8 Å². The smallest absolute Gasteiger partial charge is 0.303 e. The van der Waals surface area contributed by atoms with Crippen LogP contribution in [0, 0.1) is 10.7 Å². The van der Waals surface area contributed by atoms with Gasteiger partial charge < -0.3 is 29.5 Å². The number of ether oxygens (including phenoxy) is 3. The van der Waals surface area contributed by atoms with Gasteiger partial charge in [0.15, 0.2) is 11.9 Å². The van der Waals surface area contributed by atoms with Crippen molar-refractivity contribution in [3.8, 4) is 0 Å². The molecular weight excluding hydrogens is 836 g/mol. The Labute approximate surface area is 253 Å². The van der Waals surface area contributed by atoms with E-state index < -0.39 is 47.1 Å². The fraction of sp³-hybridized carbons (Fsp3) is 0.545. The molecule has 1 aromatic carbocycles. The maximum absolute atomic E-state index is 13.5. The normalized spacial score (nSPS) is 24.2. The summed E-state index contributed by atoms with van der Waals surface area (Å²) in [6.07, 6.45) is -1.07. The van der Waals surface area contributed by atoms with Gasteiger partial charge in [0, 0.05) is 17.0 Å². The van der Waals surface area contributed by atoms with Crippen LogP contribution in [0.15, 0.2) is 0 Å². The van der Waals surface area contributed by atoms with E-state index in [1.807, 2.05) is 67.8 Å². The molecule has 2 fully saturated rings. The van der Waals surface area contributed by atoms with Crippen LogP contribution in [0.3, 0.4) is 0 Å². The molecule has 3 unspecified atom stereocenters. The minimum atomic E-state index is -1.03. The first-order chi connectivity index (χ1) is 16.7. The van der Waals surface area contributed by atoms with Gasteiger partial charge in [-0.2, -0.15) is 0 Å². The second-order valence-electron chi connectivity index (χ2n) is 8.71. The van der Waals surface area contributed by atoms with E-state index in [0.29, 0.717) is 35.8 Å². The highest BCUT2D eigenvalue weighted by atomic mass is 127. The van der Waals surface area contributed by atoms with Gasteiger partial charge in [0.1, 0.15) is 0 Å². The molecule has 0 spiro atoms. The zero-order chi connectivity index (χ0) is 26.9. The van der Waals surface area contributed by atoms with Crippen molar-refractivity contribution in [2.45, 2.75) is 57.6 Å². The van der Waals surface area contributed by atoms with Gasteiger partial charge in [0.2, 0.25) is 0 Å². The van der Waals surface area contributed by atoms with Crippen molar-refractivity contribution in [2.75, 3.05) is 24.7 Å². The first-order valence-electron chi connectivity index (χ1n) is 10.9. The van der Waals surface area contributed by atoms with Crippen LogP contribution in [0.4, 0.5) is 5.69 Å². The fourth-order valence-corrected chi connectivity index (χ4v) is 9.09. The van der Waals surface area contributed by atoms with Crippen molar-refractivity contribution in [3.05, 3.63) is 21.8 Å². The number of nitrogens with one attached hydrogen (secondary N) is 1. The lowest BCUT2D eigenvalue weighted by Crippen LogP contribution is -2.48. The number of nitrogens with zero attached hydrogens (tertiary/aromatic N) is 1. The van der Waals surface area contributed by atoms with Crippen LogP contribution in [0.1, 0.15) is 54.3 Å². The first-order valence-corrected chi connectivity index (χ1v) is 14.5. The van der Waals surface area contributed by atoms with Crippen LogP contribution < -0.4 is 10.2 Å². The summed E-state index contributed by atoms with van der Waals surface area (Å²) in [7, 11) is 0. The van der Waals surface area contributed by atoms with Crippen molar-refractivity contribution in [3.63, 3.8) is 0 Å². The molecule has 0 radical (unpaired) electrons. The Bertz CT molecular complexity index is 1100. The van der Waals surface area contributed by atoms with E-state index in [-0.39, 0.29) is 24.3 Å². The predicted molar refractivity (Wildman–Crippen MR) is 155 cm³/mol. The summed E-state index contributed by atoms with van der Waals surface area (Å²) in [6, 6.07) is -0.784. The number of piperidine rings is 1. The molecule has 1 aromatic rings. The molecule has 36 heavy (non-hydrogen) atoms. The van der Waals surface area contributed by atoms with Gasteiger partial charge >= 0.3 is 5.97 Å². The zero-order valence-corrected chi connectivity index (χ0v) is 26.8. The summed E-state index contributed by atoms with van der Waals surface area (Å²) in [6.45, 7) is 4.91. The summed E-state index contributed by atoms with van der Waals surface area (Å²) in [4.78, 5) is 52.1. The van der Waals surface area contributed by atoms with Gasteiger partial charge in [-0.1, -0.05) is 0 Å². The molecule has 0 saturated carbocycles. The summed E-state index contributed by atoms with van der Waals surface area (Å²) >= 11 is 11.7. The first kappa shape index (κ1) is 30.2. The summed E-state index contributed by atoms with van der Waals surface area (Å²) in [5, 5.41) is 12.5. The number of carbonyl (C=O) groups excluding carboxylic acids is 4. The SMILES string of the molecule is CC(=O)OC1CCCN(c2c(I)c(C(=O)Cl)c(I)c(C(=O)NC3COC(C)(C)OCC3O)c2I)C1=O. The third-order valence-corrected chi connectivity index (χ3v) is 9.05. The molecule has 14 heteroatoms. The third kappa shape index (κ3) is 6.62. The monoisotopic (exact) mass is 860 g/mol. The maximum Gasteiger partial charge on any atom is 0.303 e. The Balaban J connectivity index is 2.05. The largest absolute Gasteiger partial charge is 0.452 e. The molecule has 10 nitrogen and oxygen atoms in total. The number of esters is 1. The number of hydrogen-bond donors (Lipinski definition) is 2. The number of carbonyl (C=O) groups is 4. The molecular formula is C22H24ClI3N2O8. The Morgan fingerprint density at radius 2 is 1.72 bits per heavy atom. The Morgan fingerprint density at radius 1 is 1.11 bits per heavy atom.